The van der Waals surface area contributed by atoms with E-state index in [1.807, 2.05) is 0 Å². The minimum atomic E-state index is -0.497. The van der Waals surface area contributed by atoms with Crippen molar-refractivity contribution < 1.29 is 5.11 Å². The normalized spacial score (nSPS) is 23.7. The Morgan fingerprint density at radius 3 is 2.08 bits per heavy atom. The molecule has 1 unspecified atom stereocenters. The highest BCUT2D eigenvalue weighted by Gasteiger charge is 2.17. The Hall–Kier alpha value is -0.480. The second-order valence-corrected chi connectivity index (χ2v) is 3.72. The van der Waals surface area contributed by atoms with Crippen LogP contribution in [-0.2, 0) is 0 Å². The third kappa shape index (κ3) is 2.87. The summed E-state index contributed by atoms with van der Waals surface area (Å²) in [7, 11) is 0. The average molecular weight is 166 g/mol. The van der Waals surface area contributed by atoms with Crippen LogP contribution in [0.2, 0.25) is 0 Å². The van der Waals surface area contributed by atoms with E-state index in [0.29, 0.717) is 5.92 Å². The summed E-state index contributed by atoms with van der Waals surface area (Å²) in [4.78, 5) is 0. The van der Waals surface area contributed by atoms with E-state index in [1.54, 1.807) is 0 Å². The lowest BCUT2D eigenvalue weighted by Crippen LogP contribution is -2.19. The quantitative estimate of drug-likeness (QED) is 0.593. The summed E-state index contributed by atoms with van der Waals surface area (Å²) in [6.07, 6.45) is 13.4. The maximum atomic E-state index is 9.46. The van der Waals surface area contributed by atoms with E-state index in [4.69, 9.17) is 6.42 Å². The summed E-state index contributed by atoms with van der Waals surface area (Å²) in [6, 6.07) is 0. The fourth-order valence-corrected chi connectivity index (χ4v) is 1.94. The van der Waals surface area contributed by atoms with Gasteiger partial charge in [-0.25, -0.2) is 0 Å². The lowest BCUT2D eigenvalue weighted by atomic mass is 9.87. The number of hydrogen-bond acceptors (Lipinski definition) is 1. The highest BCUT2D eigenvalue weighted by atomic mass is 16.3. The largest absolute Gasteiger partial charge is 0.380 e. The van der Waals surface area contributed by atoms with Crippen LogP contribution < -0.4 is 0 Å². The second kappa shape index (κ2) is 5.22. The number of terminal acetylenes is 1. The first-order valence-electron chi connectivity index (χ1n) is 4.99. The Kier molecular flexibility index (Phi) is 4.18. The minimum absolute atomic E-state index is 0.371. The summed E-state index contributed by atoms with van der Waals surface area (Å²) in [5.41, 5.74) is 0. The smallest absolute Gasteiger partial charge is 0.117 e. The van der Waals surface area contributed by atoms with Crippen molar-refractivity contribution in [2.45, 2.75) is 51.0 Å². The molecule has 1 aliphatic rings. The Morgan fingerprint density at radius 1 is 1.08 bits per heavy atom. The van der Waals surface area contributed by atoms with E-state index in [0.717, 1.165) is 12.8 Å². The van der Waals surface area contributed by atoms with Gasteiger partial charge in [0.2, 0.25) is 0 Å². The fourth-order valence-electron chi connectivity index (χ4n) is 1.94. The molecular formula is C11H18O. The molecule has 68 valence electrons. The highest BCUT2D eigenvalue weighted by Crippen LogP contribution is 2.24. The van der Waals surface area contributed by atoms with Gasteiger partial charge in [0.25, 0.3) is 0 Å². The Balaban J connectivity index is 2.35. The van der Waals surface area contributed by atoms with Gasteiger partial charge in [0, 0.05) is 0 Å². The van der Waals surface area contributed by atoms with Crippen molar-refractivity contribution in [3.8, 4) is 12.3 Å². The summed E-state index contributed by atoms with van der Waals surface area (Å²) < 4.78 is 0. The van der Waals surface area contributed by atoms with Gasteiger partial charge < -0.3 is 5.11 Å². The van der Waals surface area contributed by atoms with Crippen molar-refractivity contribution in [3.05, 3.63) is 0 Å². The molecule has 0 aromatic rings. The molecular weight excluding hydrogens is 148 g/mol. The average Bonchev–Trinajstić information content (AvgIpc) is 2.02. The molecule has 1 N–H and O–H groups in total. The minimum Gasteiger partial charge on any atom is -0.380 e. The van der Waals surface area contributed by atoms with Gasteiger partial charge in [0.05, 0.1) is 0 Å². The summed E-state index contributed by atoms with van der Waals surface area (Å²) in [5.74, 6) is 2.81. The first-order chi connectivity index (χ1) is 5.84. The van der Waals surface area contributed by atoms with Crippen LogP contribution >= 0.6 is 0 Å². The molecule has 0 aromatic heterocycles. The van der Waals surface area contributed by atoms with Crippen molar-refractivity contribution >= 4 is 0 Å². The molecule has 0 saturated heterocycles. The first-order valence-corrected chi connectivity index (χ1v) is 4.99. The van der Waals surface area contributed by atoms with Gasteiger partial charge >= 0.3 is 0 Å². The van der Waals surface area contributed by atoms with Crippen molar-refractivity contribution in [2.24, 2.45) is 5.92 Å². The number of aliphatic hydroxyl groups is 1. The molecule has 1 aliphatic carbocycles. The molecule has 1 atom stereocenters. The van der Waals surface area contributed by atoms with Crippen LogP contribution in [-0.4, -0.2) is 11.2 Å². The lowest BCUT2D eigenvalue weighted by molar-refractivity contribution is 0.140. The van der Waals surface area contributed by atoms with Gasteiger partial charge in [-0.2, -0.15) is 0 Å². The second-order valence-electron chi connectivity index (χ2n) is 3.72. The zero-order valence-electron chi connectivity index (χ0n) is 7.63. The van der Waals surface area contributed by atoms with Crippen LogP contribution in [0.4, 0.5) is 0 Å². The summed E-state index contributed by atoms with van der Waals surface area (Å²) in [5, 5.41) is 9.46. The predicted molar refractivity (Wildman–Crippen MR) is 50.6 cm³/mol. The first kappa shape index (κ1) is 9.61. The molecule has 1 heteroatoms. The highest BCUT2D eigenvalue weighted by molar-refractivity contribution is 4.96. The molecule has 1 fully saturated rings. The van der Waals surface area contributed by atoms with Gasteiger partial charge in [0.1, 0.15) is 6.10 Å². The Labute approximate surface area is 75.2 Å². The van der Waals surface area contributed by atoms with E-state index in [-0.39, 0.29) is 0 Å². The molecule has 1 rings (SSSR count). The molecule has 0 spiro atoms. The molecule has 1 saturated carbocycles. The summed E-state index contributed by atoms with van der Waals surface area (Å²) >= 11 is 0. The zero-order chi connectivity index (χ0) is 8.81. The predicted octanol–water partition coefficient (Wildman–Crippen LogP) is 2.34. The molecule has 0 aromatic carbocycles. The SMILES string of the molecule is C#CC(O)C1CCCCCCC1. The van der Waals surface area contributed by atoms with Gasteiger partial charge in [-0.1, -0.05) is 38.0 Å². The molecule has 0 aliphatic heterocycles. The number of hydrogen-bond donors (Lipinski definition) is 1. The molecule has 0 bridgehead atoms. The van der Waals surface area contributed by atoms with Gasteiger partial charge in [-0.15, -0.1) is 6.42 Å². The molecule has 12 heavy (non-hydrogen) atoms. The van der Waals surface area contributed by atoms with Crippen LogP contribution in [0.15, 0.2) is 0 Å². The van der Waals surface area contributed by atoms with Crippen molar-refractivity contribution in [3.63, 3.8) is 0 Å². The van der Waals surface area contributed by atoms with Crippen LogP contribution in [0.25, 0.3) is 0 Å². The third-order valence-electron chi connectivity index (χ3n) is 2.77. The summed E-state index contributed by atoms with van der Waals surface area (Å²) in [6.45, 7) is 0. The van der Waals surface area contributed by atoms with Crippen LogP contribution in [0.5, 0.6) is 0 Å². The van der Waals surface area contributed by atoms with Crippen LogP contribution in [0.1, 0.15) is 44.9 Å². The maximum Gasteiger partial charge on any atom is 0.117 e. The van der Waals surface area contributed by atoms with Crippen LogP contribution in [0, 0.1) is 18.3 Å². The van der Waals surface area contributed by atoms with E-state index in [1.165, 1.54) is 32.1 Å². The Bertz CT molecular complexity index is 149. The van der Waals surface area contributed by atoms with Gasteiger partial charge in [-0.05, 0) is 18.8 Å². The van der Waals surface area contributed by atoms with Crippen LogP contribution in [0.3, 0.4) is 0 Å². The number of aliphatic hydroxyl groups excluding tert-OH is 1. The zero-order valence-corrected chi connectivity index (χ0v) is 7.63. The monoisotopic (exact) mass is 166 g/mol. The van der Waals surface area contributed by atoms with Crippen molar-refractivity contribution in [1.29, 1.82) is 0 Å². The fraction of sp³-hybridized carbons (Fsp3) is 0.818. The van der Waals surface area contributed by atoms with E-state index in [2.05, 4.69) is 5.92 Å². The molecule has 0 radical (unpaired) electrons. The molecule has 0 amide bonds. The van der Waals surface area contributed by atoms with Crippen molar-refractivity contribution in [1.82, 2.24) is 0 Å². The van der Waals surface area contributed by atoms with Gasteiger partial charge in [0.15, 0.2) is 0 Å². The molecule has 1 nitrogen and oxygen atoms in total. The third-order valence-corrected chi connectivity index (χ3v) is 2.77. The molecule has 0 heterocycles. The van der Waals surface area contributed by atoms with E-state index < -0.39 is 6.10 Å². The van der Waals surface area contributed by atoms with E-state index >= 15 is 0 Å². The van der Waals surface area contributed by atoms with Crippen molar-refractivity contribution in [2.75, 3.05) is 0 Å². The van der Waals surface area contributed by atoms with Gasteiger partial charge in [-0.3, -0.25) is 0 Å². The number of rotatable bonds is 1. The standard InChI is InChI=1S/C11H18O/c1-2-11(12)10-8-6-4-3-5-7-9-10/h1,10-12H,3-9H2. The topological polar surface area (TPSA) is 20.2 Å². The lowest BCUT2D eigenvalue weighted by Gasteiger charge is -2.21. The maximum absolute atomic E-state index is 9.46. The van der Waals surface area contributed by atoms with E-state index in [9.17, 15) is 5.11 Å². The Morgan fingerprint density at radius 2 is 1.58 bits per heavy atom.